The van der Waals surface area contributed by atoms with Gasteiger partial charge in [-0.05, 0) is 24.3 Å². The molecule has 0 aliphatic rings. The van der Waals surface area contributed by atoms with Gasteiger partial charge in [0, 0.05) is 18.1 Å². The normalized spacial score (nSPS) is 11.9. The largest absolute Gasteiger partial charge is 0.419 e. The summed E-state index contributed by atoms with van der Waals surface area (Å²) in [6, 6.07) is 5.51. The lowest BCUT2D eigenvalue weighted by Gasteiger charge is -2.25. The summed E-state index contributed by atoms with van der Waals surface area (Å²) in [5.74, 6) is -0.231. The number of halogens is 6. The Morgan fingerprint density at radius 2 is 1.83 bits per heavy atom. The van der Waals surface area contributed by atoms with E-state index in [4.69, 9.17) is 11.0 Å². The Bertz CT molecular complexity index is 1060. The molecule has 2 aromatic heterocycles. The molecule has 0 amide bonds. The third kappa shape index (κ3) is 5.05. The van der Waals surface area contributed by atoms with Gasteiger partial charge in [0.25, 0.3) is 0 Å². The Kier molecular flexibility index (Phi) is 5.64. The van der Waals surface area contributed by atoms with E-state index in [0.717, 1.165) is 12.1 Å². The number of aromatic nitrogens is 3. The van der Waals surface area contributed by atoms with Crippen molar-refractivity contribution < 1.29 is 30.8 Å². The first-order valence-corrected chi connectivity index (χ1v) is 8.20. The van der Waals surface area contributed by atoms with E-state index in [1.54, 1.807) is 12.1 Å². The number of pyridine rings is 1. The van der Waals surface area contributed by atoms with Gasteiger partial charge in [0.15, 0.2) is 5.69 Å². The molecule has 0 N–H and O–H groups in total. The number of nitrogens with zero attached hydrogens (tertiary/aromatic N) is 5. The topological polar surface area (TPSA) is 59.4 Å². The highest BCUT2D eigenvalue weighted by atomic mass is 19.4. The smallest absolute Gasteiger partial charge is 0.407 e. The minimum Gasteiger partial charge on any atom is -0.419 e. The molecule has 0 fully saturated rings. The maximum atomic E-state index is 13.2. The molecular formula is C18H11F6N5O. The molecule has 0 spiro atoms. The molecule has 0 unspecified atom stereocenters. The van der Waals surface area contributed by atoms with Crippen LogP contribution < -0.4 is 4.90 Å². The maximum absolute atomic E-state index is 13.2. The van der Waals surface area contributed by atoms with Crippen LogP contribution in [0.1, 0.15) is 11.5 Å². The van der Waals surface area contributed by atoms with Gasteiger partial charge in [0.05, 0.1) is 24.2 Å². The zero-order valence-electron chi connectivity index (χ0n) is 14.9. The molecule has 3 rings (SSSR count). The lowest BCUT2D eigenvalue weighted by molar-refractivity contribution is -0.136. The Morgan fingerprint density at radius 1 is 1.07 bits per heavy atom. The number of benzene rings is 1. The van der Waals surface area contributed by atoms with E-state index < -0.39 is 42.4 Å². The highest BCUT2D eigenvalue weighted by molar-refractivity contribution is 5.62. The number of alkyl halides is 6. The molecule has 156 valence electrons. The van der Waals surface area contributed by atoms with E-state index in [1.165, 1.54) is 12.4 Å². The van der Waals surface area contributed by atoms with Gasteiger partial charge < -0.3 is 9.32 Å². The molecule has 2 heterocycles. The second-order valence-electron chi connectivity index (χ2n) is 6.02. The van der Waals surface area contributed by atoms with Crippen molar-refractivity contribution in [2.75, 3.05) is 11.4 Å². The predicted octanol–water partition coefficient (Wildman–Crippen LogP) is 5.27. The molecule has 0 saturated heterocycles. The SMILES string of the molecule is [C-]#[N+]c1ccc(N(Cc2nnc(-c3cccnc3)o2)CC(F)(F)F)cc1C(F)(F)F. The fourth-order valence-electron chi connectivity index (χ4n) is 2.59. The van der Waals surface area contributed by atoms with Crippen molar-refractivity contribution in [3.8, 4) is 11.5 Å². The lowest BCUT2D eigenvalue weighted by Crippen LogP contribution is -2.34. The number of hydrogen-bond donors (Lipinski definition) is 0. The fraction of sp³-hybridized carbons (Fsp3) is 0.222. The molecular weight excluding hydrogens is 416 g/mol. The summed E-state index contributed by atoms with van der Waals surface area (Å²) < 4.78 is 84.1. The van der Waals surface area contributed by atoms with Crippen molar-refractivity contribution in [1.29, 1.82) is 0 Å². The predicted molar refractivity (Wildman–Crippen MR) is 92.3 cm³/mol. The molecule has 0 radical (unpaired) electrons. The molecule has 6 nitrogen and oxygen atoms in total. The average molecular weight is 427 g/mol. The number of anilines is 1. The van der Waals surface area contributed by atoms with Gasteiger partial charge in [-0.1, -0.05) is 6.07 Å². The highest BCUT2D eigenvalue weighted by Crippen LogP contribution is 2.39. The maximum Gasteiger partial charge on any atom is 0.407 e. The van der Waals surface area contributed by atoms with E-state index in [0.29, 0.717) is 16.5 Å². The van der Waals surface area contributed by atoms with Crippen LogP contribution in [0.25, 0.3) is 16.3 Å². The van der Waals surface area contributed by atoms with Gasteiger partial charge in [-0.3, -0.25) is 4.98 Å². The summed E-state index contributed by atoms with van der Waals surface area (Å²) in [4.78, 5) is 7.25. The van der Waals surface area contributed by atoms with Crippen LogP contribution in [-0.2, 0) is 12.7 Å². The van der Waals surface area contributed by atoms with Gasteiger partial charge in [0.1, 0.15) is 6.54 Å². The van der Waals surface area contributed by atoms with Gasteiger partial charge in [-0.15, -0.1) is 10.2 Å². The van der Waals surface area contributed by atoms with Crippen LogP contribution >= 0.6 is 0 Å². The number of rotatable bonds is 5. The Labute approximate surface area is 165 Å². The molecule has 0 saturated carbocycles. The van der Waals surface area contributed by atoms with E-state index in [1.807, 2.05) is 0 Å². The zero-order valence-corrected chi connectivity index (χ0v) is 14.9. The van der Waals surface area contributed by atoms with Crippen LogP contribution in [0.4, 0.5) is 37.7 Å². The zero-order chi connectivity index (χ0) is 21.9. The number of hydrogen-bond acceptors (Lipinski definition) is 5. The molecule has 0 atom stereocenters. The molecule has 30 heavy (non-hydrogen) atoms. The molecule has 1 aromatic carbocycles. The Morgan fingerprint density at radius 3 is 2.43 bits per heavy atom. The summed E-state index contributed by atoms with van der Waals surface area (Å²) in [5.41, 5.74) is -2.01. The third-order valence-corrected chi connectivity index (χ3v) is 3.84. The van der Waals surface area contributed by atoms with Crippen molar-refractivity contribution in [3.63, 3.8) is 0 Å². The van der Waals surface area contributed by atoms with E-state index in [2.05, 4.69) is 20.0 Å². The minimum absolute atomic E-state index is 0.00407. The molecule has 0 bridgehead atoms. The van der Waals surface area contributed by atoms with E-state index in [-0.39, 0.29) is 11.8 Å². The quantitative estimate of drug-likeness (QED) is 0.410. The summed E-state index contributed by atoms with van der Waals surface area (Å²) in [6.07, 6.45) is -6.72. The van der Waals surface area contributed by atoms with Crippen LogP contribution in [0.15, 0.2) is 47.1 Å². The second kappa shape index (κ2) is 8.02. The Balaban J connectivity index is 1.95. The van der Waals surface area contributed by atoms with Gasteiger partial charge in [-0.25, -0.2) is 4.85 Å². The van der Waals surface area contributed by atoms with Crippen molar-refractivity contribution >= 4 is 11.4 Å². The van der Waals surface area contributed by atoms with Crippen LogP contribution in [0.2, 0.25) is 0 Å². The van der Waals surface area contributed by atoms with Crippen LogP contribution in [0, 0.1) is 6.57 Å². The third-order valence-electron chi connectivity index (χ3n) is 3.84. The second-order valence-corrected chi connectivity index (χ2v) is 6.02. The van der Waals surface area contributed by atoms with Crippen molar-refractivity contribution in [3.05, 3.63) is 65.6 Å². The average Bonchev–Trinajstić information content (AvgIpc) is 3.14. The van der Waals surface area contributed by atoms with Crippen molar-refractivity contribution in [2.45, 2.75) is 18.9 Å². The molecule has 0 aliphatic carbocycles. The molecule has 3 aromatic rings. The first-order valence-electron chi connectivity index (χ1n) is 8.20. The summed E-state index contributed by atoms with van der Waals surface area (Å²) in [5, 5.41) is 7.40. The molecule has 12 heteroatoms. The monoisotopic (exact) mass is 427 g/mol. The first-order chi connectivity index (χ1) is 14.1. The Hall–Kier alpha value is -3.62. The van der Waals surface area contributed by atoms with Crippen molar-refractivity contribution in [1.82, 2.24) is 15.2 Å². The van der Waals surface area contributed by atoms with Gasteiger partial charge in [-0.2, -0.15) is 26.3 Å². The minimum atomic E-state index is -4.90. The van der Waals surface area contributed by atoms with Crippen LogP contribution in [0.5, 0.6) is 0 Å². The summed E-state index contributed by atoms with van der Waals surface area (Å²) in [6.45, 7) is 4.68. The van der Waals surface area contributed by atoms with Crippen LogP contribution in [0.3, 0.4) is 0 Å². The summed E-state index contributed by atoms with van der Waals surface area (Å²) in [7, 11) is 0. The van der Waals surface area contributed by atoms with Gasteiger partial charge >= 0.3 is 12.4 Å². The highest BCUT2D eigenvalue weighted by Gasteiger charge is 2.36. The van der Waals surface area contributed by atoms with Gasteiger partial charge in [0.2, 0.25) is 11.8 Å². The first kappa shape index (κ1) is 21.1. The van der Waals surface area contributed by atoms with Crippen LogP contribution in [-0.4, -0.2) is 27.9 Å². The fourth-order valence-corrected chi connectivity index (χ4v) is 2.59. The van der Waals surface area contributed by atoms with E-state index in [9.17, 15) is 26.3 Å². The summed E-state index contributed by atoms with van der Waals surface area (Å²) >= 11 is 0. The molecule has 0 aliphatic heterocycles. The van der Waals surface area contributed by atoms with Crippen molar-refractivity contribution in [2.24, 2.45) is 0 Å². The lowest BCUT2D eigenvalue weighted by atomic mass is 10.1. The van der Waals surface area contributed by atoms with E-state index >= 15 is 0 Å². The standard InChI is InChI=1S/C18H11F6N5O/c1-25-14-5-4-12(7-13(14)18(22,23)24)29(10-17(19,20)21)9-15-27-28-16(30-15)11-3-2-6-26-8-11/h2-8H,9-10H2.